The maximum Gasteiger partial charge on any atom is 0.266 e. The fourth-order valence-electron chi connectivity index (χ4n) is 3.28. The van der Waals surface area contributed by atoms with Crippen molar-refractivity contribution >= 4 is 44.2 Å². The Hall–Kier alpha value is -3.16. The fourth-order valence-corrected chi connectivity index (χ4v) is 5.25. The summed E-state index contributed by atoms with van der Waals surface area (Å²) in [5.41, 5.74) is 2.36. The summed E-state index contributed by atoms with van der Waals surface area (Å²) in [6.45, 7) is 0. The predicted octanol–water partition coefficient (Wildman–Crippen LogP) is 5.30. The quantitative estimate of drug-likeness (QED) is 0.279. The van der Waals surface area contributed by atoms with Crippen molar-refractivity contribution in [3.05, 3.63) is 88.2 Å². The largest absolute Gasteiger partial charge is 0.497 e. The number of hydrogen-bond acceptors (Lipinski definition) is 6. The van der Waals surface area contributed by atoms with E-state index in [1.54, 1.807) is 23.0 Å². The molecule has 0 radical (unpaired) electrons. The number of ether oxygens (including phenoxy) is 1. The molecule has 7 heteroatoms. The van der Waals surface area contributed by atoms with Crippen molar-refractivity contribution in [2.45, 2.75) is 10.9 Å². The second-order valence-corrected chi connectivity index (χ2v) is 8.67. The highest BCUT2D eigenvalue weighted by atomic mass is 32.2. The highest BCUT2D eigenvalue weighted by Gasteiger charge is 2.14. The van der Waals surface area contributed by atoms with E-state index >= 15 is 0 Å². The van der Waals surface area contributed by atoms with E-state index in [1.165, 1.54) is 11.8 Å². The van der Waals surface area contributed by atoms with E-state index in [2.05, 4.69) is 6.07 Å². The Kier molecular flexibility index (Phi) is 4.98. The first-order valence-electron chi connectivity index (χ1n) is 9.36. The number of thioether (sulfide) groups is 1. The van der Waals surface area contributed by atoms with Gasteiger partial charge >= 0.3 is 0 Å². The van der Waals surface area contributed by atoms with Gasteiger partial charge in [-0.25, -0.2) is 9.97 Å². The minimum atomic E-state index is -0.0856. The van der Waals surface area contributed by atoms with E-state index in [4.69, 9.17) is 14.7 Å². The molecule has 5 nitrogen and oxygen atoms in total. The van der Waals surface area contributed by atoms with Crippen molar-refractivity contribution in [3.63, 3.8) is 0 Å². The van der Waals surface area contributed by atoms with Gasteiger partial charge in [0.1, 0.15) is 10.8 Å². The molecule has 0 aliphatic rings. The van der Waals surface area contributed by atoms with Crippen LogP contribution in [0, 0.1) is 0 Å². The summed E-state index contributed by atoms with van der Waals surface area (Å²) in [5.74, 6) is 1.38. The van der Waals surface area contributed by atoms with E-state index in [0.717, 1.165) is 26.7 Å². The molecule has 2 heterocycles. The van der Waals surface area contributed by atoms with Gasteiger partial charge in [0, 0.05) is 0 Å². The SMILES string of the molecule is COc1ccc(-n2c(SCc3nc4ccccc4s3)nc3ccccc3c2=O)cc1. The summed E-state index contributed by atoms with van der Waals surface area (Å²) in [6.07, 6.45) is 0. The Bertz CT molecular complexity index is 1370. The summed E-state index contributed by atoms with van der Waals surface area (Å²) < 4.78 is 8.08. The van der Waals surface area contributed by atoms with Gasteiger partial charge in [0.05, 0.1) is 39.7 Å². The molecule has 0 fully saturated rings. The topological polar surface area (TPSA) is 57.0 Å². The number of fused-ring (bicyclic) bond motifs is 2. The zero-order valence-electron chi connectivity index (χ0n) is 16.1. The Morgan fingerprint density at radius 1 is 0.933 bits per heavy atom. The van der Waals surface area contributed by atoms with Crippen molar-refractivity contribution in [2.75, 3.05) is 7.11 Å². The average molecular weight is 432 g/mol. The zero-order chi connectivity index (χ0) is 20.5. The highest BCUT2D eigenvalue weighted by molar-refractivity contribution is 7.98. The van der Waals surface area contributed by atoms with Crippen molar-refractivity contribution in [1.29, 1.82) is 0 Å². The van der Waals surface area contributed by atoms with Crippen LogP contribution in [0.4, 0.5) is 0 Å². The molecule has 148 valence electrons. The third-order valence-corrected chi connectivity index (χ3v) is 6.91. The van der Waals surface area contributed by atoms with E-state index in [0.29, 0.717) is 21.8 Å². The number of benzene rings is 3. The molecule has 0 amide bonds. The van der Waals surface area contributed by atoms with Crippen LogP contribution in [0.5, 0.6) is 5.75 Å². The summed E-state index contributed by atoms with van der Waals surface area (Å²) in [4.78, 5) is 22.8. The molecule has 0 unspecified atom stereocenters. The Balaban J connectivity index is 1.59. The van der Waals surface area contributed by atoms with Gasteiger partial charge in [0.25, 0.3) is 5.56 Å². The van der Waals surface area contributed by atoms with E-state index in [1.807, 2.05) is 66.7 Å². The Morgan fingerprint density at radius 3 is 2.43 bits per heavy atom. The molecule has 0 spiro atoms. The van der Waals surface area contributed by atoms with Gasteiger partial charge in [-0.1, -0.05) is 36.0 Å². The Labute approximate surface area is 181 Å². The zero-order valence-corrected chi connectivity index (χ0v) is 17.7. The van der Waals surface area contributed by atoms with Crippen LogP contribution in [0.1, 0.15) is 5.01 Å². The van der Waals surface area contributed by atoms with Crippen LogP contribution in [0.25, 0.3) is 26.8 Å². The molecule has 0 saturated heterocycles. The lowest BCUT2D eigenvalue weighted by atomic mass is 10.2. The molecule has 0 saturated carbocycles. The number of aromatic nitrogens is 3. The summed E-state index contributed by atoms with van der Waals surface area (Å²) in [5, 5.41) is 2.24. The van der Waals surface area contributed by atoms with E-state index < -0.39 is 0 Å². The van der Waals surface area contributed by atoms with Gasteiger partial charge in [-0.15, -0.1) is 11.3 Å². The maximum atomic E-state index is 13.3. The van der Waals surface area contributed by atoms with Crippen LogP contribution in [0.15, 0.2) is 82.7 Å². The average Bonchev–Trinajstić information content (AvgIpc) is 3.21. The maximum absolute atomic E-state index is 13.3. The van der Waals surface area contributed by atoms with Crippen LogP contribution >= 0.6 is 23.1 Å². The molecule has 2 aromatic heterocycles. The Morgan fingerprint density at radius 2 is 1.67 bits per heavy atom. The molecule has 0 bridgehead atoms. The normalized spacial score (nSPS) is 11.2. The first-order valence-corrected chi connectivity index (χ1v) is 11.2. The second-order valence-electron chi connectivity index (χ2n) is 6.61. The van der Waals surface area contributed by atoms with Crippen molar-refractivity contribution in [2.24, 2.45) is 0 Å². The van der Waals surface area contributed by atoms with Crippen molar-refractivity contribution < 1.29 is 4.74 Å². The minimum Gasteiger partial charge on any atom is -0.497 e. The number of thiazole rings is 1. The molecule has 0 N–H and O–H groups in total. The molecule has 5 rings (SSSR count). The number of hydrogen-bond donors (Lipinski definition) is 0. The molecule has 0 aliphatic carbocycles. The smallest absolute Gasteiger partial charge is 0.266 e. The van der Waals surface area contributed by atoms with Gasteiger partial charge in [0.2, 0.25) is 0 Å². The lowest BCUT2D eigenvalue weighted by Crippen LogP contribution is -2.21. The van der Waals surface area contributed by atoms with Crippen LogP contribution in [-0.4, -0.2) is 21.6 Å². The van der Waals surface area contributed by atoms with Gasteiger partial charge in [-0.05, 0) is 48.5 Å². The lowest BCUT2D eigenvalue weighted by molar-refractivity contribution is 0.414. The van der Waals surface area contributed by atoms with Crippen molar-refractivity contribution in [1.82, 2.24) is 14.5 Å². The monoisotopic (exact) mass is 431 g/mol. The van der Waals surface area contributed by atoms with E-state index in [9.17, 15) is 4.79 Å². The van der Waals surface area contributed by atoms with Crippen LogP contribution < -0.4 is 10.3 Å². The number of methoxy groups -OCH3 is 1. The van der Waals surface area contributed by atoms with Gasteiger partial charge < -0.3 is 4.74 Å². The predicted molar refractivity (Wildman–Crippen MR) is 123 cm³/mol. The minimum absolute atomic E-state index is 0.0856. The van der Waals surface area contributed by atoms with Gasteiger partial charge in [-0.2, -0.15) is 0 Å². The molecule has 5 aromatic rings. The summed E-state index contributed by atoms with van der Waals surface area (Å²) >= 11 is 3.18. The molecule has 30 heavy (non-hydrogen) atoms. The lowest BCUT2D eigenvalue weighted by Gasteiger charge is -2.13. The van der Waals surface area contributed by atoms with Gasteiger partial charge in [0.15, 0.2) is 5.16 Å². The summed E-state index contributed by atoms with van der Waals surface area (Å²) in [7, 11) is 1.62. The van der Waals surface area contributed by atoms with Crippen molar-refractivity contribution in [3.8, 4) is 11.4 Å². The fraction of sp³-hybridized carbons (Fsp3) is 0.0870. The number of nitrogens with zero attached hydrogens (tertiary/aromatic N) is 3. The third-order valence-electron chi connectivity index (χ3n) is 4.74. The summed E-state index contributed by atoms with van der Waals surface area (Å²) in [6, 6.07) is 23.0. The molecule has 0 atom stereocenters. The second kappa shape index (κ2) is 7.93. The first kappa shape index (κ1) is 18.8. The standard InChI is InChI=1S/C23H17N3O2S2/c1-28-16-12-10-15(11-13-16)26-22(27)17-6-2-3-7-18(17)25-23(26)29-14-21-24-19-8-4-5-9-20(19)30-21/h2-13H,14H2,1H3. The van der Waals surface area contributed by atoms with Crippen LogP contribution in [0.2, 0.25) is 0 Å². The van der Waals surface area contributed by atoms with Gasteiger partial charge in [-0.3, -0.25) is 9.36 Å². The number of para-hydroxylation sites is 2. The molecular formula is C23H17N3O2S2. The molecule has 3 aromatic carbocycles. The number of rotatable bonds is 5. The first-order chi connectivity index (χ1) is 14.7. The molecular weight excluding hydrogens is 414 g/mol. The van der Waals surface area contributed by atoms with E-state index in [-0.39, 0.29) is 5.56 Å². The third kappa shape index (κ3) is 3.46. The van der Waals surface area contributed by atoms with Crippen LogP contribution in [-0.2, 0) is 5.75 Å². The highest BCUT2D eigenvalue weighted by Crippen LogP contribution is 2.29. The molecule has 0 aliphatic heterocycles. The van der Waals surface area contributed by atoms with Crippen LogP contribution in [0.3, 0.4) is 0 Å².